The molecule has 0 nitrogen and oxygen atoms in total. The molecule has 2 radical (unpaired) electrons. The van der Waals surface area contributed by atoms with E-state index in [-0.39, 0.29) is 34.2 Å². The molecule has 0 aromatic carbocycles. The molecule has 0 amide bonds. The molecule has 0 aromatic heterocycles. The van der Waals surface area contributed by atoms with E-state index in [0.29, 0.717) is 0 Å². The predicted molar refractivity (Wildman–Crippen MR) is 152 cm³/mol. The van der Waals surface area contributed by atoms with Crippen molar-refractivity contribution in [3.8, 4) is 0 Å². The molecule has 0 saturated carbocycles. The molecule has 0 saturated heterocycles. The third-order valence-corrected chi connectivity index (χ3v) is 122. The molecule has 0 rings (SSSR count). The van der Waals surface area contributed by atoms with E-state index < -0.39 is 45.5 Å². The molecular weight excluding hydrogens is 506 g/mol. The van der Waals surface area contributed by atoms with Gasteiger partial charge in [0.15, 0.2) is 0 Å². The Hall–Kier alpha value is 2.36. The van der Waals surface area contributed by atoms with E-state index in [2.05, 4.69) is 118 Å². The fourth-order valence-electron chi connectivity index (χ4n) is 6.75. The minimum absolute atomic E-state index is 0. The van der Waals surface area contributed by atoms with Crippen LogP contribution in [0.4, 0.5) is 0 Å². The minimum atomic E-state index is -0.832. The zero-order valence-electron chi connectivity index (χ0n) is 22.7. The van der Waals surface area contributed by atoms with Gasteiger partial charge in [0.25, 0.3) is 0 Å². The molecule has 0 aliphatic rings. The van der Waals surface area contributed by atoms with E-state index >= 15 is 0 Å². The van der Waals surface area contributed by atoms with Crippen LogP contribution in [0.15, 0.2) is 0 Å². The van der Waals surface area contributed by atoms with E-state index in [1.54, 1.807) is 0 Å². The molecule has 0 aliphatic carbocycles. The molecule has 0 spiro atoms. The van der Waals surface area contributed by atoms with Gasteiger partial charge in [0.05, 0.1) is 0 Å². The molecule has 0 unspecified atom stereocenters. The van der Waals surface area contributed by atoms with Gasteiger partial charge in [-0.05, 0) is 0 Å². The standard InChI is InChI=1S/2C9H27Si4.Zn/c2*1-11(2,3)10(12(4,5)6)13(7,8)9;/h2*1-9H3;. The summed E-state index contributed by atoms with van der Waals surface area (Å²) in [7, 11) is -4.94. The molecule has 0 atom stereocenters. The Kier molecular flexibility index (Phi) is 13.6. The van der Waals surface area contributed by atoms with Gasteiger partial charge in [-0.25, -0.2) is 0 Å². The second-order valence-corrected chi connectivity index (χ2v) is 87.8. The predicted octanol–water partition coefficient (Wildman–Crippen LogP) is 7.46. The maximum atomic E-state index is 2.61. The van der Waals surface area contributed by atoms with Crippen LogP contribution in [0.5, 0.6) is 0 Å². The third kappa shape index (κ3) is 13.4. The minimum Gasteiger partial charge on any atom is -0.0721 e. The van der Waals surface area contributed by atoms with Crippen molar-refractivity contribution in [3.05, 3.63) is 0 Å². The van der Waals surface area contributed by atoms with Crippen molar-refractivity contribution in [1.82, 2.24) is 0 Å². The molecule has 27 heavy (non-hydrogen) atoms. The number of rotatable bonds is 6. The fraction of sp³-hybridized carbons (Fsp3) is 1.00. The molecule has 0 N–H and O–H groups in total. The topological polar surface area (TPSA) is 0 Å². The van der Waals surface area contributed by atoms with Gasteiger partial charge in [-0.3, -0.25) is 0 Å². The van der Waals surface area contributed by atoms with E-state index in [9.17, 15) is 0 Å². The summed E-state index contributed by atoms with van der Waals surface area (Å²) < 4.78 is 0. The first kappa shape index (κ1) is 34.0. The van der Waals surface area contributed by atoms with Crippen LogP contribution in [0.25, 0.3) is 0 Å². The summed E-state index contributed by atoms with van der Waals surface area (Å²) >= 11 is 0. The van der Waals surface area contributed by atoms with Gasteiger partial charge in [-0.1, -0.05) is 118 Å². The number of hydrogen-bond donors (Lipinski definition) is 0. The van der Waals surface area contributed by atoms with Gasteiger partial charge in [0.2, 0.25) is 0 Å². The zero-order chi connectivity index (χ0) is 22.2. The van der Waals surface area contributed by atoms with Crippen molar-refractivity contribution in [1.29, 1.82) is 0 Å². The van der Waals surface area contributed by atoms with Gasteiger partial charge in [0, 0.05) is 79.7 Å². The van der Waals surface area contributed by atoms with Crippen LogP contribution < -0.4 is 0 Å². The zero-order valence-corrected chi connectivity index (χ0v) is 33.7. The van der Waals surface area contributed by atoms with Crippen molar-refractivity contribution in [3.63, 3.8) is 0 Å². The van der Waals surface area contributed by atoms with Crippen molar-refractivity contribution < 1.29 is 19.5 Å². The van der Waals surface area contributed by atoms with Gasteiger partial charge in [-0.15, -0.1) is 0 Å². The molecule has 0 heterocycles. The van der Waals surface area contributed by atoms with Gasteiger partial charge >= 0.3 is 0 Å². The largest absolute Gasteiger partial charge is 0.0721 e. The van der Waals surface area contributed by atoms with E-state index in [4.69, 9.17) is 0 Å². The first-order valence-corrected chi connectivity index (χ1v) is 40.5. The van der Waals surface area contributed by atoms with Crippen LogP contribution in [0.3, 0.4) is 0 Å². The number of hydrogen-bond acceptors (Lipinski definition) is 0. The molecule has 0 bridgehead atoms. The molecule has 160 valence electrons. The van der Waals surface area contributed by atoms with Crippen LogP contribution in [-0.4, -0.2) is 60.2 Å². The van der Waals surface area contributed by atoms with Gasteiger partial charge in [0.1, 0.15) is 0 Å². The first-order chi connectivity index (χ1) is 10.7. The van der Waals surface area contributed by atoms with Crippen LogP contribution in [0.2, 0.25) is 118 Å². The van der Waals surface area contributed by atoms with Crippen LogP contribution >= 0.6 is 0 Å². The van der Waals surface area contributed by atoms with Crippen LogP contribution in [0, 0.1) is 0 Å². The fourth-order valence-corrected chi connectivity index (χ4v) is 182. The summed E-state index contributed by atoms with van der Waals surface area (Å²) in [5.74, 6) is 0. The summed E-state index contributed by atoms with van der Waals surface area (Å²) in [6.07, 6.45) is 0. The van der Waals surface area contributed by atoms with Crippen molar-refractivity contribution in [2.45, 2.75) is 118 Å². The maximum Gasteiger partial charge on any atom is 0.0306 e. The van der Waals surface area contributed by atoms with Crippen molar-refractivity contribution in [2.24, 2.45) is 0 Å². The summed E-state index contributed by atoms with van der Waals surface area (Å²) in [5, 5.41) is 0. The molecule has 0 aliphatic heterocycles. The quantitative estimate of drug-likeness (QED) is 0.296. The Morgan fingerprint density at radius 2 is 0.333 bits per heavy atom. The summed E-state index contributed by atoms with van der Waals surface area (Å²) in [4.78, 5) is 0. The Labute approximate surface area is 196 Å². The SMILES string of the molecule is C[Si](C)(C)[Si]([Si](C)(C)C)[Si](C)(C)C.C[Si](C)(C)[Si]([Si](C)(C)C)[Si](C)(C)C.[Zn]. The Balaban J connectivity index is -0.000000411. The smallest absolute Gasteiger partial charge is 0.0306 e. The van der Waals surface area contributed by atoms with Crippen molar-refractivity contribution in [2.75, 3.05) is 0 Å². The van der Waals surface area contributed by atoms with E-state index in [1.165, 1.54) is 0 Å². The van der Waals surface area contributed by atoms with Crippen molar-refractivity contribution >= 4 is 60.2 Å². The van der Waals surface area contributed by atoms with Gasteiger partial charge in [-0.2, -0.15) is 0 Å². The normalized spacial score (nSPS) is 14.7. The van der Waals surface area contributed by atoms with Crippen LogP contribution in [0.1, 0.15) is 0 Å². The van der Waals surface area contributed by atoms with E-state index in [1.807, 2.05) is 0 Å². The van der Waals surface area contributed by atoms with Crippen LogP contribution in [-0.2, 0) is 19.5 Å². The second kappa shape index (κ2) is 10.8. The Morgan fingerprint density at radius 3 is 0.333 bits per heavy atom. The molecule has 0 fully saturated rings. The maximum absolute atomic E-state index is 2.61. The first-order valence-electron chi connectivity index (χ1n) is 10.5. The average molecular weight is 561 g/mol. The van der Waals surface area contributed by atoms with Gasteiger partial charge < -0.3 is 0 Å². The third-order valence-electron chi connectivity index (χ3n) is 4.50. The second-order valence-electron chi connectivity index (χ2n) is 14.2. The Morgan fingerprint density at radius 1 is 0.259 bits per heavy atom. The molecular formula is C18H54Si8Zn. The Bertz CT molecular complexity index is 317. The molecule has 0 aromatic rings. The summed E-state index contributed by atoms with van der Waals surface area (Å²) in [5.41, 5.74) is 0. The average Bonchev–Trinajstić information content (AvgIpc) is 1.97. The monoisotopic (exact) mass is 558 g/mol. The summed E-state index contributed by atoms with van der Waals surface area (Å²) in [6.45, 7) is 47.0. The molecule has 9 heteroatoms. The summed E-state index contributed by atoms with van der Waals surface area (Å²) in [6, 6.07) is 0. The van der Waals surface area contributed by atoms with E-state index in [0.717, 1.165) is 0 Å².